The van der Waals surface area contributed by atoms with Gasteiger partial charge in [-0.25, -0.2) is 14.4 Å². The van der Waals surface area contributed by atoms with Crippen molar-refractivity contribution in [2.45, 2.75) is 20.3 Å². The molecule has 1 aliphatic rings. The lowest BCUT2D eigenvalue weighted by Gasteiger charge is -2.35. The Balaban J connectivity index is 1.36. The third kappa shape index (κ3) is 4.49. The van der Waals surface area contributed by atoms with E-state index in [1.165, 1.54) is 18.3 Å². The molecule has 0 atom stereocenters. The number of nitro groups is 1. The molecule has 1 fully saturated rings. The molecular weight excluding hydrogens is 463 g/mol. The average molecular weight is 489 g/mol. The summed E-state index contributed by atoms with van der Waals surface area (Å²) in [6.07, 6.45) is 3.37. The fourth-order valence-corrected chi connectivity index (χ4v) is 4.50. The molecule has 9 nitrogen and oxygen atoms in total. The van der Waals surface area contributed by atoms with Crippen molar-refractivity contribution in [3.8, 4) is 11.3 Å². The first kappa shape index (κ1) is 23.4. The van der Waals surface area contributed by atoms with Gasteiger partial charge in [0.25, 0.3) is 5.69 Å². The van der Waals surface area contributed by atoms with Gasteiger partial charge in [-0.3, -0.25) is 14.9 Å². The fraction of sp³-hybridized carbons (Fsp3) is 0.269. The maximum atomic E-state index is 13.9. The second kappa shape index (κ2) is 9.37. The molecule has 3 aromatic heterocycles. The number of rotatable bonds is 5. The first-order chi connectivity index (χ1) is 17.3. The highest BCUT2D eigenvalue weighted by Gasteiger charge is 2.25. The van der Waals surface area contributed by atoms with Crippen molar-refractivity contribution in [2.75, 3.05) is 31.1 Å². The highest BCUT2D eigenvalue weighted by Crippen LogP contribution is 2.28. The minimum absolute atomic E-state index is 0.0188. The van der Waals surface area contributed by atoms with E-state index in [0.29, 0.717) is 43.3 Å². The minimum Gasteiger partial charge on any atom is -0.353 e. The Kier molecular flexibility index (Phi) is 6.09. The molecule has 1 saturated heterocycles. The highest BCUT2D eigenvalue weighted by atomic mass is 19.1. The van der Waals surface area contributed by atoms with Crippen LogP contribution < -0.4 is 4.90 Å². The Morgan fingerprint density at radius 2 is 1.86 bits per heavy atom. The average Bonchev–Trinajstić information content (AvgIpc) is 3.23. The molecule has 1 amide bonds. The molecule has 0 saturated carbocycles. The number of benzene rings is 1. The Hall–Kier alpha value is -4.34. The fourth-order valence-electron chi connectivity index (χ4n) is 4.50. The molecule has 1 aliphatic heterocycles. The summed E-state index contributed by atoms with van der Waals surface area (Å²) in [5.41, 5.74) is 4.45. The highest BCUT2D eigenvalue weighted by molar-refractivity contribution is 5.82. The van der Waals surface area contributed by atoms with Crippen molar-refractivity contribution in [2.24, 2.45) is 0 Å². The molecule has 184 valence electrons. The van der Waals surface area contributed by atoms with Gasteiger partial charge in [-0.05, 0) is 55.3 Å². The summed E-state index contributed by atoms with van der Waals surface area (Å²) in [6, 6.07) is 11.8. The summed E-state index contributed by atoms with van der Waals surface area (Å²) in [4.78, 5) is 36.6. The predicted octanol–water partition coefficient (Wildman–Crippen LogP) is 3.95. The van der Waals surface area contributed by atoms with Gasteiger partial charge >= 0.3 is 0 Å². The van der Waals surface area contributed by atoms with Crippen LogP contribution in [-0.4, -0.2) is 56.3 Å². The standard InChI is InChI=1S/C26H25FN6O3/c1-17-3-7-24-29-26(19-4-6-21(27)18(2)13-19)22(32(24)16-17)14-25(34)31-11-9-30(10-12-31)23-8-5-20(15-28-23)33(35)36/h3-8,13,15-16H,9-12,14H2,1-2H3. The third-order valence-corrected chi connectivity index (χ3v) is 6.51. The van der Waals surface area contributed by atoms with Crippen LogP contribution >= 0.6 is 0 Å². The van der Waals surface area contributed by atoms with E-state index in [2.05, 4.69) is 4.98 Å². The molecule has 36 heavy (non-hydrogen) atoms. The number of aromatic nitrogens is 3. The number of pyridine rings is 2. The number of fused-ring (bicyclic) bond motifs is 1. The van der Waals surface area contributed by atoms with Crippen molar-refractivity contribution < 1.29 is 14.1 Å². The normalized spacial score (nSPS) is 13.9. The Morgan fingerprint density at radius 3 is 2.53 bits per heavy atom. The lowest BCUT2D eigenvalue weighted by atomic mass is 10.1. The van der Waals surface area contributed by atoms with Crippen LogP contribution in [0.15, 0.2) is 54.9 Å². The van der Waals surface area contributed by atoms with E-state index in [-0.39, 0.29) is 23.8 Å². The quantitative estimate of drug-likeness (QED) is 0.312. The van der Waals surface area contributed by atoms with Crippen molar-refractivity contribution >= 4 is 23.1 Å². The van der Waals surface area contributed by atoms with E-state index < -0.39 is 4.92 Å². The topological polar surface area (TPSA) is 96.9 Å². The van der Waals surface area contributed by atoms with Gasteiger partial charge < -0.3 is 14.2 Å². The molecule has 4 aromatic rings. The lowest BCUT2D eigenvalue weighted by molar-refractivity contribution is -0.385. The van der Waals surface area contributed by atoms with Crippen LogP contribution in [0.1, 0.15) is 16.8 Å². The predicted molar refractivity (Wildman–Crippen MR) is 133 cm³/mol. The number of nitrogens with zero attached hydrogens (tertiary/aromatic N) is 6. The maximum Gasteiger partial charge on any atom is 0.287 e. The number of halogens is 1. The van der Waals surface area contributed by atoms with Crippen LogP contribution in [0.2, 0.25) is 0 Å². The second-order valence-corrected chi connectivity index (χ2v) is 8.98. The first-order valence-electron chi connectivity index (χ1n) is 11.7. The van der Waals surface area contributed by atoms with Gasteiger partial charge in [0.2, 0.25) is 5.91 Å². The van der Waals surface area contributed by atoms with Gasteiger partial charge in [0.15, 0.2) is 0 Å². The van der Waals surface area contributed by atoms with Crippen LogP contribution in [0, 0.1) is 29.8 Å². The molecule has 5 rings (SSSR count). The van der Waals surface area contributed by atoms with E-state index in [0.717, 1.165) is 22.5 Å². The molecule has 0 bridgehead atoms. The van der Waals surface area contributed by atoms with Crippen LogP contribution in [-0.2, 0) is 11.2 Å². The molecule has 4 heterocycles. The van der Waals surface area contributed by atoms with Crippen molar-refractivity contribution in [3.05, 3.63) is 87.6 Å². The third-order valence-electron chi connectivity index (χ3n) is 6.51. The van der Waals surface area contributed by atoms with Crippen LogP contribution in [0.4, 0.5) is 15.9 Å². The summed E-state index contributed by atoms with van der Waals surface area (Å²) >= 11 is 0. The van der Waals surface area contributed by atoms with E-state index in [9.17, 15) is 19.3 Å². The second-order valence-electron chi connectivity index (χ2n) is 8.98. The SMILES string of the molecule is Cc1ccc2nc(-c3ccc(F)c(C)c3)c(CC(=O)N3CCN(c4ccc([N+](=O)[O-])cn4)CC3)n2c1. The zero-order chi connectivity index (χ0) is 25.4. The van der Waals surface area contributed by atoms with Crippen LogP contribution in [0.3, 0.4) is 0 Å². The summed E-state index contributed by atoms with van der Waals surface area (Å²) in [7, 11) is 0. The number of hydrogen-bond donors (Lipinski definition) is 0. The number of amides is 1. The number of hydrogen-bond acceptors (Lipinski definition) is 6. The zero-order valence-corrected chi connectivity index (χ0v) is 20.0. The number of aryl methyl sites for hydroxylation is 2. The summed E-state index contributed by atoms with van der Waals surface area (Å²) < 4.78 is 15.9. The molecule has 0 spiro atoms. The molecule has 0 radical (unpaired) electrons. The Morgan fingerprint density at radius 1 is 1.08 bits per heavy atom. The zero-order valence-electron chi connectivity index (χ0n) is 20.0. The van der Waals surface area contributed by atoms with Crippen LogP contribution in [0.5, 0.6) is 0 Å². The number of piperazine rings is 1. The van der Waals surface area contributed by atoms with Gasteiger partial charge in [0.1, 0.15) is 23.5 Å². The van der Waals surface area contributed by atoms with Crippen molar-refractivity contribution in [3.63, 3.8) is 0 Å². The Bertz CT molecular complexity index is 1460. The number of carbonyl (C=O) groups excluding carboxylic acids is 1. The number of anilines is 1. The maximum absolute atomic E-state index is 13.9. The van der Waals surface area contributed by atoms with Gasteiger partial charge in [-0.15, -0.1) is 0 Å². The summed E-state index contributed by atoms with van der Waals surface area (Å²) in [6.45, 7) is 5.87. The van der Waals surface area contributed by atoms with E-state index in [1.54, 1.807) is 25.1 Å². The molecule has 10 heteroatoms. The summed E-state index contributed by atoms with van der Waals surface area (Å²) in [5.74, 6) is 0.352. The molecule has 0 N–H and O–H groups in total. The van der Waals surface area contributed by atoms with Gasteiger partial charge in [0.05, 0.1) is 22.7 Å². The lowest BCUT2D eigenvalue weighted by Crippen LogP contribution is -2.49. The van der Waals surface area contributed by atoms with Gasteiger partial charge in [-0.2, -0.15) is 0 Å². The van der Waals surface area contributed by atoms with Crippen molar-refractivity contribution in [1.82, 2.24) is 19.3 Å². The van der Waals surface area contributed by atoms with Crippen LogP contribution in [0.25, 0.3) is 16.9 Å². The van der Waals surface area contributed by atoms with E-state index in [1.807, 2.05) is 39.5 Å². The first-order valence-corrected chi connectivity index (χ1v) is 11.7. The number of carbonyl (C=O) groups is 1. The van der Waals surface area contributed by atoms with Gasteiger partial charge in [-0.1, -0.05) is 6.07 Å². The van der Waals surface area contributed by atoms with Gasteiger partial charge in [0, 0.05) is 44.0 Å². The molecule has 0 unspecified atom stereocenters. The van der Waals surface area contributed by atoms with E-state index in [4.69, 9.17) is 4.98 Å². The minimum atomic E-state index is -0.476. The smallest absolute Gasteiger partial charge is 0.287 e. The van der Waals surface area contributed by atoms with E-state index >= 15 is 0 Å². The number of imidazole rings is 1. The monoisotopic (exact) mass is 488 g/mol. The molecule has 1 aromatic carbocycles. The molecular formula is C26H25FN6O3. The molecule has 0 aliphatic carbocycles. The largest absolute Gasteiger partial charge is 0.353 e. The summed E-state index contributed by atoms with van der Waals surface area (Å²) in [5, 5.41) is 10.9. The van der Waals surface area contributed by atoms with Crippen molar-refractivity contribution in [1.29, 1.82) is 0 Å². The Labute approximate surface area is 207 Å².